The van der Waals surface area contributed by atoms with Gasteiger partial charge in [-0.3, -0.25) is 4.90 Å². The third-order valence-corrected chi connectivity index (χ3v) is 4.40. The fourth-order valence-corrected chi connectivity index (χ4v) is 3.09. The van der Waals surface area contributed by atoms with Crippen LogP contribution in [0.4, 0.5) is 4.39 Å². The van der Waals surface area contributed by atoms with Crippen LogP contribution in [0.15, 0.2) is 22.7 Å². The monoisotopic (exact) mass is 358 g/mol. The van der Waals surface area contributed by atoms with Gasteiger partial charge < -0.3 is 10.1 Å². The number of nitrogens with one attached hydrogen (secondary N) is 1. The summed E-state index contributed by atoms with van der Waals surface area (Å²) in [5.74, 6) is -0.177. The van der Waals surface area contributed by atoms with Crippen molar-refractivity contribution in [2.45, 2.75) is 32.4 Å². The standard InChI is InChI=1S/C16H24BrFN2O/c1-3-7-19-16(13-10-12(17)5-6-14(13)18)15-11-20(4-2)8-9-21-15/h5-6,10,15-16,19H,3-4,7-9,11H2,1-2H3. The van der Waals surface area contributed by atoms with Crippen molar-refractivity contribution in [3.63, 3.8) is 0 Å². The van der Waals surface area contributed by atoms with Crippen LogP contribution in [-0.4, -0.2) is 43.8 Å². The molecular weight excluding hydrogens is 335 g/mol. The van der Waals surface area contributed by atoms with Gasteiger partial charge in [0.05, 0.1) is 18.8 Å². The van der Waals surface area contributed by atoms with Gasteiger partial charge in [-0.15, -0.1) is 0 Å². The first-order valence-corrected chi connectivity index (χ1v) is 8.47. The van der Waals surface area contributed by atoms with E-state index in [9.17, 15) is 4.39 Å². The van der Waals surface area contributed by atoms with Crippen molar-refractivity contribution >= 4 is 15.9 Å². The Hall–Kier alpha value is -0.490. The molecule has 1 fully saturated rings. The first kappa shape index (κ1) is 16.9. The highest BCUT2D eigenvalue weighted by atomic mass is 79.9. The maximum Gasteiger partial charge on any atom is 0.128 e. The second kappa shape index (κ2) is 8.22. The predicted octanol–water partition coefficient (Wildman–Crippen LogP) is 3.35. The van der Waals surface area contributed by atoms with Gasteiger partial charge >= 0.3 is 0 Å². The summed E-state index contributed by atoms with van der Waals surface area (Å²) >= 11 is 3.44. The molecule has 1 aliphatic rings. The topological polar surface area (TPSA) is 24.5 Å². The first-order chi connectivity index (χ1) is 10.2. The number of rotatable bonds is 6. The molecule has 0 spiro atoms. The molecule has 0 bridgehead atoms. The van der Waals surface area contributed by atoms with Gasteiger partial charge in [0, 0.05) is 23.1 Å². The molecule has 0 amide bonds. The third kappa shape index (κ3) is 4.49. The maximum absolute atomic E-state index is 14.3. The van der Waals surface area contributed by atoms with E-state index in [2.05, 4.69) is 40.0 Å². The Morgan fingerprint density at radius 1 is 1.48 bits per heavy atom. The number of halogens is 2. The molecule has 0 saturated carbocycles. The second-order valence-corrected chi connectivity index (χ2v) is 6.32. The molecule has 118 valence electrons. The Morgan fingerprint density at radius 3 is 3.00 bits per heavy atom. The molecule has 1 N–H and O–H groups in total. The fraction of sp³-hybridized carbons (Fsp3) is 0.625. The van der Waals surface area contributed by atoms with E-state index in [1.165, 1.54) is 6.07 Å². The number of hydrogen-bond acceptors (Lipinski definition) is 3. The molecule has 2 atom stereocenters. The Labute approximate surface area is 135 Å². The van der Waals surface area contributed by atoms with Gasteiger partial charge in [-0.05, 0) is 37.7 Å². The molecule has 1 heterocycles. The lowest BCUT2D eigenvalue weighted by Crippen LogP contribution is -2.48. The number of benzene rings is 1. The van der Waals surface area contributed by atoms with E-state index < -0.39 is 0 Å². The van der Waals surface area contributed by atoms with Crippen molar-refractivity contribution in [2.24, 2.45) is 0 Å². The van der Waals surface area contributed by atoms with Crippen LogP contribution in [0.1, 0.15) is 31.9 Å². The van der Waals surface area contributed by atoms with Crippen LogP contribution in [0.3, 0.4) is 0 Å². The molecule has 5 heteroatoms. The lowest BCUT2D eigenvalue weighted by Gasteiger charge is -2.37. The second-order valence-electron chi connectivity index (χ2n) is 5.40. The Balaban J connectivity index is 2.22. The van der Waals surface area contributed by atoms with Crippen molar-refractivity contribution in [1.29, 1.82) is 0 Å². The number of likely N-dealkylation sites (N-methyl/N-ethyl adjacent to an activating group) is 1. The van der Waals surface area contributed by atoms with Crippen molar-refractivity contribution in [3.8, 4) is 0 Å². The highest BCUT2D eigenvalue weighted by Crippen LogP contribution is 2.27. The average molecular weight is 359 g/mol. The van der Waals surface area contributed by atoms with E-state index >= 15 is 0 Å². The average Bonchev–Trinajstić information content (AvgIpc) is 2.51. The van der Waals surface area contributed by atoms with Crippen molar-refractivity contribution in [1.82, 2.24) is 10.2 Å². The summed E-state index contributed by atoms with van der Waals surface area (Å²) in [6.45, 7) is 8.61. The molecule has 1 saturated heterocycles. The third-order valence-electron chi connectivity index (χ3n) is 3.90. The predicted molar refractivity (Wildman–Crippen MR) is 87.0 cm³/mol. The summed E-state index contributed by atoms with van der Waals surface area (Å²) in [6, 6.07) is 4.99. The van der Waals surface area contributed by atoms with Crippen LogP contribution < -0.4 is 5.32 Å². The SMILES string of the molecule is CCCNC(c1cc(Br)ccc1F)C1CN(CC)CCO1. The molecule has 0 radical (unpaired) electrons. The Morgan fingerprint density at radius 2 is 2.29 bits per heavy atom. The highest BCUT2D eigenvalue weighted by Gasteiger charge is 2.30. The summed E-state index contributed by atoms with van der Waals surface area (Å²) in [7, 11) is 0. The number of nitrogens with zero attached hydrogens (tertiary/aromatic N) is 1. The van der Waals surface area contributed by atoms with Crippen LogP contribution in [-0.2, 0) is 4.74 Å². The number of hydrogen-bond donors (Lipinski definition) is 1. The molecule has 2 rings (SSSR count). The summed E-state index contributed by atoms with van der Waals surface area (Å²) in [5, 5.41) is 3.46. The quantitative estimate of drug-likeness (QED) is 0.843. The molecule has 0 aliphatic carbocycles. The summed E-state index contributed by atoms with van der Waals surface area (Å²) < 4.78 is 21.1. The first-order valence-electron chi connectivity index (χ1n) is 7.68. The Kier molecular flexibility index (Phi) is 6.61. The molecule has 1 aromatic carbocycles. The molecule has 21 heavy (non-hydrogen) atoms. The van der Waals surface area contributed by atoms with Crippen LogP contribution in [0.25, 0.3) is 0 Å². The zero-order valence-electron chi connectivity index (χ0n) is 12.7. The summed E-state index contributed by atoms with van der Waals surface area (Å²) in [5.41, 5.74) is 0.681. The zero-order chi connectivity index (χ0) is 15.2. The Bertz CT molecular complexity index is 458. The van der Waals surface area contributed by atoms with Gasteiger partial charge in [0.1, 0.15) is 5.82 Å². The fourth-order valence-electron chi connectivity index (χ4n) is 2.71. The minimum atomic E-state index is -0.177. The molecule has 1 aliphatic heterocycles. The lowest BCUT2D eigenvalue weighted by molar-refractivity contribution is -0.0461. The number of ether oxygens (including phenoxy) is 1. The summed E-state index contributed by atoms with van der Waals surface area (Å²) in [4.78, 5) is 2.35. The number of morpholine rings is 1. The minimum Gasteiger partial charge on any atom is -0.374 e. The molecule has 2 unspecified atom stereocenters. The van der Waals surface area contributed by atoms with Crippen molar-refractivity contribution in [2.75, 3.05) is 32.8 Å². The van der Waals surface area contributed by atoms with E-state index in [0.29, 0.717) is 12.2 Å². The largest absolute Gasteiger partial charge is 0.374 e. The van der Waals surface area contributed by atoms with Gasteiger partial charge in [0.25, 0.3) is 0 Å². The van der Waals surface area contributed by atoms with Gasteiger partial charge in [-0.1, -0.05) is 29.8 Å². The zero-order valence-corrected chi connectivity index (χ0v) is 14.3. The van der Waals surface area contributed by atoms with Crippen LogP contribution >= 0.6 is 15.9 Å². The van der Waals surface area contributed by atoms with E-state index in [0.717, 1.165) is 37.1 Å². The van der Waals surface area contributed by atoms with Crippen molar-refractivity contribution in [3.05, 3.63) is 34.1 Å². The highest BCUT2D eigenvalue weighted by molar-refractivity contribution is 9.10. The summed E-state index contributed by atoms with van der Waals surface area (Å²) in [6.07, 6.45) is 0.991. The maximum atomic E-state index is 14.3. The van der Waals surface area contributed by atoms with Crippen LogP contribution in [0, 0.1) is 5.82 Å². The van der Waals surface area contributed by atoms with E-state index in [1.54, 1.807) is 6.07 Å². The van der Waals surface area contributed by atoms with Gasteiger partial charge in [-0.25, -0.2) is 4.39 Å². The van der Waals surface area contributed by atoms with Gasteiger partial charge in [0.2, 0.25) is 0 Å². The van der Waals surface area contributed by atoms with Gasteiger partial charge in [0.15, 0.2) is 0 Å². The smallest absolute Gasteiger partial charge is 0.128 e. The van der Waals surface area contributed by atoms with Crippen molar-refractivity contribution < 1.29 is 9.13 Å². The van der Waals surface area contributed by atoms with E-state index in [4.69, 9.17) is 4.74 Å². The minimum absolute atomic E-state index is 0.0194. The molecule has 3 nitrogen and oxygen atoms in total. The normalized spacial score (nSPS) is 21.4. The van der Waals surface area contributed by atoms with Crippen LogP contribution in [0.2, 0.25) is 0 Å². The molecular formula is C16H24BrFN2O. The lowest BCUT2D eigenvalue weighted by atomic mass is 9.99. The van der Waals surface area contributed by atoms with Gasteiger partial charge in [-0.2, -0.15) is 0 Å². The van der Waals surface area contributed by atoms with E-state index in [-0.39, 0.29) is 18.0 Å². The molecule has 1 aromatic rings. The van der Waals surface area contributed by atoms with E-state index in [1.807, 2.05) is 6.07 Å². The van der Waals surface area contributed by atoms with Crippen LogP contribution in [0.5, 0.6) is 0 Å². The molecule has 0 aromatic heterocycles.